The molecule has 6 nitrogen and oxygen atoms in total. The summed E-state index contributed by atoms with van der Waals surface area (Å²) in [6.07, 6.45) is 0.187. The van der Waals surface area contributed by atoms with E-state index in [1.54, 1.807) is 0 Å². The number of nitrogens with zero attached hydrogens (tertiary/aromatic N) is 1. The molecule has 2 aliphatic rings. The van der Waals surface area contributed by atoms with Gasteiger partial charge in [-0.2, -0.15) is 4.31 Å². The van der Waals surface area contributed by atoms with Crippen LogP contribution in [0, 0.1) is 0 Å². The minimum absolute atomic E-state index is 0.0770. The van der Waals surface area contributed by atoms with Gasteiger partial charge in [0, 0.05) is 31.4 Å². The monoisotopic (exact) mass is 329 g/mol. The van der Waals surface area contributed by atoms with Crippen molar-refractivity contribution >= 4 is 33.2 Å². The number of rotatable bonds is 2. The number of halogens is 1. The Bertz CT molecular complexity index is 705. The molecule has 0 radical (unpaired) electrons. The van der Waals surface area contributed by atoms with Gasteiger partial charge in [0.1, 0.15) is 4.90 Å². The largest absolute Gasteiger partial charge is 0.325 e. The summed E-state index contributed by atoms with van der Waals surface area (Å²) >= 11 is 6.13. The molecule has 1 amide bonds. The second kappa shape index (κ2) is 5.24. The van der Waals surface area contributed by atoms with Crippen LogP contribution in [-0.2, 0) is 21.2 Å². The molecular formula is C13H16ClN3O3S. The number of nitrogens with one attached hydrogen (secondary N) is 2. The van der Waals surface area contributed by atoms with Crippen molar-refractivity contribution in [3.63, 3.8) is 0 Å². The summed E-state index contributed by atoms with van der Waals surface area (Å²) in [6.45, 7) is 3.50. The van der Waals surface area contributed by atoms with Crippen molar-refractivity contribution in [2.75, 3.05) is 25.0 Å². The number of piperazine rings is 1. The average Bonchev–Trinajstić information content (AvgIpc) is 2.77. The number of hydrogen-bond donors (Lipinski definition) is 2. The normalized spacial score (nSPS) is 23.0. The van der Waals surface area contributed by atoms with Crippen molar-refractivity contribution in [2.24, 2.45) is 0 Å². The zero-order valence-electron chi connectivity index (χ0n) is 11.5. The van der Waals surface area contributed by atoms with Crippen LogP contribution in [0.5, 0.6) is 0 Å². The van der Waals surface area contributed by atoms with Crippen LogP contribution in [0.15, 0.2) is 17.0 Å². The molecule has 21 heavy (non-hydrogen) atoms. The molecule has 1 unspecified atom stereocenters. The van der Waals surface area contributed by atoms with E-state index in [0.717, 1.165) is 0 Å². The van der Waals surface area contributed by atoms with E-state index in [2.05, 4.69) is 10.6 Å². The highest BCUT2D eigenvalue weighted by molar-refractivity contribution is 7.89. The molecule has 0 aromatic heterocycles. The minimum atomic E-state index is -3.66. The maximum Gasteiger partial charge on any atom is 0.244 e. The Labute approximate surface area is 128 Å². The Kier molecular flexibility index (Phi) is 3.69. The molecule has 2 aliphatic heterocycles. The standard InChI is InChI=1S/C13H16ClN3O3S/c1-8-7-15-2-3-17(8)21(19,20)12-4-9-5-13(18)16-11(9)6-10(12)14/h4,6,8,15H,2-3,5,7H2,1H3,(H,16,18). The fraction of sp³-hybridized carbons (Fsp3) is 0.462. The average molecular weight is 330 g/mol. The molecule has 1 aromatic rings. The van der Waals surface area contributed by atoms with Gasteiger partial charge in [0.25, 0.3) is 0 Å². The van der Waals surface area contributed by atoms with Crippen molar-refractivity contribution in [3.8, 4) is 0 Å². The van der Waals surface area contributed by atoms with Gasteiger partial charge in [-0.15, -0.1) is 0 Å². The second-order valence-corrected chi connectivity index (χ2v) is 7.60. The fourth-order valence-corrected chi connectivity index (χ4v) is 4.91. The summed E-state index contributed by atoms with van der Waals surface area (Å²) in [5, 5.41) is 5.96. The Morgan fingerprint density at radius 1 is 1.38 bits per heavy atom. The molecule has 0 saturated carbocycles. The molecule has 8 heteroatoms. The lowest BCUT2D eigenvalue weighted by Gasteiger charge is -2.33. The van der Waals surface area contributed by atoms with Crippen LogP contribution in [0.1, 0.15) is 12.5 Å². The van der Waals surface area contributed by atoms with E-state index in [1.165, 1.54) is 16.4 Å². The van der Waals surface area contributed by atoms with Gasteiger partial charge in [-0.25, -0.2) is 8.42 Å². The van der Waals surface area contributed by atoms with Crippen LogP contribution in [0.3, 0.4) is 0 Å². The van der Waals surface area contributed by atoms with Crippen LogP contribution in [-0.4, -0.2) is 44.3 Å². The number of carbonyl (C=O) groups is 1. The first-order chi connectivity index (χ1) is 9.89. The van der Waals surface area contributed by atoms with E-state index in [4.69, 9.17) is 11.6 Å². The van der Waals surface area contributed by atoms with Gasteiger partial charge >= 0.3 is 0 Å². The van der Waals surface area contributed by atoms with E-state index in [9.17, 15) is 13.2 Å². The van der Waals surface area contributed by atoms with Crippen molar-refractivity contribution in [1.29, 1.82) is 0 Å². The van der Waals surface area contributed by atoms with Gasteiger partial charge in [-0.05, 0) is 24.6 Å². The summed E-state index contributed by atoms with van der Waals surface area (Å²) in [4.78, 5) is 11.5. The smallest absolute Gasteiger partial charge is 0.244 e. The van der Waals surface area contributed by atoms with E-state index >= 15 is 0 Å². The van der Waals surface area contributed by atoms with Gasteiger partial charge in [0.15, 0.2) is 0 Å². The molecule has 0 aliphatic carbocycles. The quantitative estimate of drug-likeness (QED) is 0.842. The summed E-state index contributed by atoms with van der Waals surface area (Å²) in [6, 6.07) is 2.90. The first-order valence-corrected chi connectivity index (χ1v) is 8.56. The molecule has 2 N–H and O–H groups in total. The topological polar surface area (TPSA) is 78.5 Å². The van der Waals surface area contributed by atoms with Crippen molar-refractivity contribution < 1.29 is 13.2 Å². The zero-order valence-corrected chi connectivity index (χ0v) is 13.1. The minimum Gasteiger partial charge on any atom is -0.325 e. The van der Waals surface area contributed by atoms with Crippen molar-refractivity contribution in [1.82, 2.24) is 9.62 Å². The number of carbonyl (C=O) groups excluding carboxylic acids is 1. The highest BCUT2D eigenvalue weighted by Crippen LogP contribution is 2.34. The van der Waals surface area contributed by atoms with Gasteiger partial charge in [-0.3, -0.25) is 4.79 Å². The molecular weight excluding hydrogens is 314 g/mol. The van der Waals surface area contributed by atoms with Crippen LogP contribution in [0.2, 0.25) is 5.02 Å². The Balaban J connectivity index is 2.03. The zero-order chi connectivity index (χ0) is 15.2. The van der Waals surface area contributed by atoms with Crippen LogP contribution < -0.4 is 10.6 Å². The van der Waals surface area contributed by atoms with Gasteiger partial charge < -0.3 is 10.6 Å². The summed E-state index contributed by atoms with van der Waals surface area (Å²) in [7, 11) is -3.66. The molecule has 3 rings (SSSR count). The first kappa shape index (κ1) is 14.8. The van der Waals surface area contributed by atoms with E-state index in [0.29, 0.717) is 30.9 Å². The van der Waals surface area contributed by atoms with Crippen LogP contribution in [0.4, 0.5) is 5.69 Å². The Morgan fingerprint density at radius 2 is 2.14 bits per heavy atom. The lowest BCUT2D eigenvalue weighted by atomic mass is 10.2. The van der Waals surface area contributed by atoms with E-state index in [1.807, 2.05) is 6.92 Å². The van der Waals surface area contributed by atoms with Gasteiger partial charge in [0.2, 0.25) is 15.9 Å². The third-order valence-electron chi connectivity index (χ3n) is 3.81. The molecule has 0 spiro atoms. The molecule has 2 heterocycles. The van der Waals surface area contributed by atoms with E-state index < -0.39 is 10.0 Å². The number of amides is 1. The van der Waals surface area contributed by atoms with Gasteiger partial charge in [-0.1, -0.05) is 11.6 Å². The lowest BCUT2D eigenvalue weighted by molar-refractivity contribution is -0.115. The number of sulfonamides is 1. The number of benzene rings is 1. The highest BCUT2D eigenvalue weighted by atomic mass is 35.5. The van der Waals surface area contributed by atoms with Crippen LogP contribution in [0.25, 0.3) is 0 Å². The molecule has 1 atom stereocenters. The van der Waals surface area contributed by atoms with Crippen LogP contribution >= 0.6 is 11.6 Å². The fourth-order valence-electron chi connectivity index (χ4n) is 2.73. The summed E-state index contributed by atoms with van der Waals surface area (Å²) in [5.41, 5.74) is 1.27. The number of hydrogen-bond acceptors (Lipinski definition) is 4. The van der Waals surface area contributed by atoms with Crippen molar-refractivity contribution in [2.45, 2.75) is 24.3 Å². The van der Waals surface area contributed by atoms with Crippen molar-refractivity contribution in [3.05, 3.63) is 22.7 Å². The lowest BCUT2D eigenvalue weighted by Crippen LogP contribution is -2.52. The highest BCUT2D eigenvalue weighted by Gasteiger charge is 2.33. The maximum atomic E-state index is 12.8. The first-order valence-electron chi connectivity index (χ1n) is 6.74. The molecule has 1 aromatic carbocycles. The molecule has 1 fully saturated rings. The third-order valence-corrected chi connectivity index (χ3v) is 6.29. The second-order valence-electron chi connectivity index (χ2n) is 5.33. The Morgan fingerprint density at radius 3 is 2.86 bits per heavy atom. The summed E-state index contributed by atoms with van der Waals surface area (Å²) < 4.78 is 27.1. The number of fused-ring (bicyclic) bond motifs is 1. The Hall–Kier alpha value is -1.15. The molecule has 1 saturated heterocycles. The SMILES string of the molecule is CC1CNCCN1S(=O)(=O)c1cc2c(cc1Cl)NC(=O)C2. The summed E-state index contributed by atoms with van der Waals surface area (Å²) in [5.74, 6) is -0.147. The molecule has 0 bridgehead atoms. The van der Waals surface area contributed by atoms with Gasteiger partial charge in [0.05, 0.1) is 11.4 Å². The third kappa shape index (κ3) is 2.55. The predicted molar refractivity (Wildman–Crippen MR) is 80.0 cm³/mol. The predicted octanol–water partition coefficient (Wildman–Crippen LogP) is 0.817. The maximum absolute atomic E-state index is 12.8. The molecule has 114 valence electrons. The van der Waals surface area contributed by atoms with E-state index in [-0.39, 0.29) is 28.3 Å². The number of anilines is 1.